The van der Waals surface area contributed by atoms with Gasteiger partial charge in [-0.25, -0.2) is 4.39 Å². The van der Waals surface area contributed by atoms with Gasteiger partial charge in [0, 0.05) is 43.3 Å². The molecule has 2 N–H and O–H groups in total. The van der Waals surface area contributed by atoms with Crippen LogP contribution in [0.2, 0.25) is 0 Å². The molecule has 4 rings (SSSR count). The number of fused-ring (bicyclic) bond motifs is 1. The molecule has 1 aromatic heterocycles. The molecule has 0 bridgehead atoms. The average molecular weight is 470 g/mol. The fourth-order valence-electron chi connectivity index (χ4n) is 4.27. The zero-order chi connectivity index (χ0) is 17.3. The van der Waals surface area contributed by atoms with E-state index in [9.17, 15) is 4.39 Å². The molecule has 0 unspecified atom stereocenters. The van der Waals surface area contributed by atoms with E-state index in [4.69, 9.17) is 4.99 Å². The topological polar surface area (TPSA) is 43.4 Å². The molecule has 1 aromatic carbocycles. The van der Waals surface area contributed by atoms with Crippen molar-refractivity contribution in [1.82, 2.24) is 15.2 Å². The highest BCUT2D eigenvalue weighted by Gasteiger charge is 2.43. The van der Waals surface area contributed by atoms with Crippen molar-refractivity contribution in [3.63, 3.8) is 0 Å². The number of likely N-dealkylation sites (tertiary alicyclic amines) is 1. The van der Waals surface area contributed by atoms with Gasteiger partial charge in [-0.3, -0.25) is 4.99 Å². The number of guanidine groups is 1. The van der Waals surface area contributed by atoms with Gasteiger partial charge in [0.15, 0.2) is 5.96 Å². The molecule has 2 aromatic rings. The maximum Gasteiger partial charge on any atom is 0.193 e. The second-order valence-electron chi connectivity index (χ2n) is 7.51. The number of aromatic amines is 1. The van der Waals surface area contributed by atoms with Crippen molar-refractivity contribution in [2.75, 3.05) is 26.2 Å². The van der Waals surface area contributed by atoms with E-state index < -0.39 is 0 Å². The van der Waals surface area contributed by atoms with Crippen LogP contribution in [0.4, 0.5) is 4.39 Å². The normalized spacial score (nSPS) is 18.8. The van der Waals surface area contributed by atoms with Crippen molar-refractivity contribution in [2.45, 2.75) is 39.0 Å². The lowest BCUT2D eigenvalue weighted by molar-refractivity contribution is 0.151. The molecule has 1 saturated heterocycles. The van der Waals surface area contributed by atoms with E-state index in [-0.39, 0.29) is 29.8 Å². The minimum atomic E-state index is -0.187. The van der Waals surface area contributed by atoms with Crippen LogP contribution in [0.15, 0.2) is 29.4 Å². The quantitative estimate of drug-likeness (QED) is 0.398. The number of nitrogens with one attached hydrogen (secondary N) is 2. The minimum Gasteiger partial charge on any atom is -0.361 e. The van der Waals surface area contributed by atoms with Crippen molar-refractivity contribution in [1.29, 1.82) is 0 Å². The fraction of sp³-hybridized carbons (Fsp3) is 0.550. The predicted octanol–water partition coefficient (Wildman–Crippen LogP) is 4.31. The van der Waals surface area contributed by atoms with Gasteiger partial charge in [-0.2, -0.15) is 0 Å². The van der Waals surface area contributed by atoms with E-state index in [1.165, 1.54) is 31.7 Å². The van der Waals surface area contributed by atoms with Crippen LogP contribution in [-0.2, 0) is 6.42 Å². The highest BCUT2D eigenvalue weighted by atomic mass is 127. The number of hydrogen-bond donors (Lipinski definition) is 2. The van der Waals surface area contributed by atoms with E-state index in [1.807, 2.05) is 6.20 Å². The van der Waals surface area contributed by atoms with E-state index in [1.54, 1.807) is 12.1 Å². The maximum absolute atomic E-state index is 13.5. The molecular formula is C20H28FIN4. The molecular weight excluding hydrogens is 442 g/mol. The average Bonchev–Trinajstić information content (AvgIpc) is 3.18. The zero-order valence-corrected chi connectivity index (χ0v) is 17.7. The summed E-state index contributed by atoms with van der Waals surface area (Å²) in [5.41, 5.74) is 2.69. The van der Waals surface area contributed by atoms with Gasteiger partial charge in [0.1, 0.15) is 5.82 Å². The largest absolute Gasteiger partial charge is 0.361 e. The molecule has 1 spiro atoms. The smallest absolute Gasteiger partial charge is 0.193 e. The molecule has 0 amide bonds. The van der Waals surface area contributed by atoms with E-state index in [2.05, 4.69) is 22.1 Å². The third-order valence-corrected chi connectivity index (χ3v) is 5.86. The van der Waals surface area contributed by atoms with Crippen molar-refractivity contribution < 1.29 is 4.39 Å². The first kappa shape index (κ1) is 19.5. The standard InChI is InChI=1S/C20H27FN4.HI/c1-2-22-19(25-11-9-20(14-25)7-3-8-20)23-10-6-15-13-24-18-5-4-16(21)12-17(15)18;/h4-5,12-13,24H,2-3,6-11,14H2,1H3,(H,22,23);1H. The highest BCUT2D eigenvalue weighted by molar-refractivity contribution is 14.0. The van der Waals surface area contributed by atoms with Crippen molar-refractivity contribution >= 4 is 40.8 Å². The summed E-state index contributed by atoms with van der Waals surface area (Å²) in [7, 11) is 0. The maximum atomic E-state index is 13.5. The van der Waals surface area contributed by atoms with Crippen molar-refractivity contribution in [2.24, 2.45) is 10.4 Å². The van der Waals surface area contributed by atoms with Crippen LogP contribution in [0.1, 0.15) is 38.2 Å². The second-order valence-corrected chi connectivity index (χ2v) is 7.51. The van der Waals surface area contributed by atoms with Gasteiger partial charge in [-0.05, 0) is 61.8 Å². The molecule has 26 heavy (non-hydrogen) atoms. The monoisotopic (exact) mass is 470 g/mol. The Labute approximate surface area is 171 Å². The number of benzene rings is 1. The molecule has 0 atom stereocenters. The predicted molar refractivity (Wildman–Crippen MR) is 116 cm³/mol. The van der Waals surface area contributed by atoms with Gasteiger partial charge in [0.05, 0.1) is 0 Å². The van der Waals surface area contributed by atoms with Crippen LogP contribution in [0, 0.1) is 11.2 Å². The minimum absolute atomic E-state index is 0. The number of nitrogens with zero attached hydrogens (tertiary/aromatic N) is 2. The second kappa shape index (κ2) is 8.15. The number of aliphatic imine (C=N–C) groups is 1. The third kappa shape index (κ3) is 3.85. The highest BCUT2D eigenvalue weighted by Crippen LogP contribution is 2.47. The SMILES string of the molecule is CCNC(=NCCc1c[nH]c2ccc(F)cc12)N1CCC2(CCC2)C1.I. The Morgan fingerprint density at radius 3 is 2.88 bits per heavy atom. The summed E-state index contributed by atoms with van der Waals surface area (Å²) in [6.07, 6.45) is 8.24. The van der Waals surface area contributed by atoms with E-state index in [0.29, 0.717) is 5.41 Å². The Morgan fingerprint density at radius 2 is 2.19 bits per heavy atom. The van der Waals surface area contributed by atoms with Gasteiger partial charge in [0.25, 0.3) is 0 Å². The zero-order valence-electron chi connectivity index (χ0n) is 15.4. The molecule has 1 aliphatic heterocycles. The van der Waals surface area contributed by atoms with Crippen LogP contribution in [-0.4, -0.2) is 42.0 Å². The lowest BCUT2D eigenvalue weighted by atomic mass is 9.68. The van der Waals surface area contributed by atoms with Gasteiger partial charge >= 0.3 is 0 Å². The number of aromatic nitrogens is 1. The number of hydrogen-bond acceptors (Lipinski definition) is 1. The van der Waals surface area contributed by atoms with E-state index >= 15 is 0 Å². The first-order valence-electron chi connectivity index (χ1n) is 9.48. The fourth-order valence-corrected chi connectivity index (χ4v) is 4.27. The Morgan fingerprint density at radius 1 is 1.35 bits per heavy atom. The van der Waals surface area contributed by atoms with Crippen LogP contribution in [0.5, 0.6) is 0 Å². The first-order valence-corrected chi connectivity index (χ1v) is 9.48. The molecule has 4 nitrogen and oxygen atoms in total. The summed E-state index contributed by atoms with van der Waals surface area (Å²) in [6.45, 7) is 5.99. The summed E-state index contributed by atoms with van der Waals surface area (Å²) in [5, 5.41) is 4.41. The van der Waals surface area contributed by atoms with Crippen molar-refractivity contribution in [3.8, 4) is 0 Å². The summed E-state index contributed by atoms with van der Waals surface area (Å²) < 4.78 is 13.5. The molecule has 1 saturated carbocycles. The van der Waals surface area contributed by atoms with Gasteiger partial charge in [0.2, 0.25) is 0 Å². The molecule has 6 heteroatoms. The Hall–Kier alpha value is -1.31. The van der Waals surface area contributed by atoms with Crippen LogP contribution >= 0.6 is 24.0 Å². The third-order valence-electron chi connectivity index (χ3n) is 5.86. The first-order chi connectivity index (χ1) is 12.2. The van der Waals surface area contributed by atoms with Crippen LogP contribution in [0.25, 0.3) is 10.9 Å². The summed E-state index contributed by atoms with van der Waals surface area (Å²) in [6, 6.07) is 4.90. The summed E-state index contributed by atoms with van der Waals surface area (Å²) in [5.74, 6) is 0.852. The molecule has 1 aliphatic carbocycles. The number of halogens is 2. The Balaban J connectivity index is 0.00000196. The van der Waals surface area contributed by atoms with Crippen molar-refractivity contribution in [3.05, 3.63) is 35.8 Å². The molecule has 142 valence electrons. The number of H-pyrrole nitrogens is 1. The van der Waals surface area contributed by atoms with Crippen LogP contribution in [0.3, 0.4) is 0 Å². The summed E-state index contributed by atoms with van der Waals surface area (Å²) in [4.78, 5) is 10.5. The molecule has 0 radical (unpaired) electrons. The lowest BCUT2D eigenvalue weighted by Crippen LogP contribution is -2.42. The van der Waals surface area contributed by atoms with E-state index in [0.717, 1.165) is 55.0 Å². The summed E-state index contributed by atoms with van der Waals surface area (Å²) >= 11 is 0. The molecule has 2 fully saturated rings. The molecule has 2 aliphatic rings. The van der Waals surface area contributed by atoms with Gasteiger partial charge in [-0.1, -0.05) is 6.42 Å². The van der Waals surface area contributed by atoms with Gasteiger partial charge < -0.3 is 15.2 Å². The Kier molecular flexibility index (Phi) is 6.10. The molecule has 2 heterocycles. The number of rotatable bonds is 4. The van der Waals surface area contributed by atoms with Gasteiger partial charge in [-0.15, -0.1) is 24.0 Å². The van der Waals surface area contributed by atoms with Crippen LogP contribution < -0.4 is 5.32 Å². The lowest BCUT2D eigenvalue weighted by Gasteiger charge is -2.38. The Bertz CT molecular complexity index is 781.